The Morgan fingerprint density at radius 1 is 1.19 bits per heavy atom. The molecule has 1 aliphatic carbocycles. The van der Waals surface area contributed by atoms with Crippen LogP contribution in [0.3, 0.4) is 0 Å². The molecule has 1 fully saturated rings. The summed E-state index contributed by atoms with van der Waals surface area (Å²) in [4.78, 5) is 14.1. The van der Waals surface area contributed by atoms with Crippen molar-refractivity contribution in [1.29, 1.82) is 0 Å². The fourth-order valence-electron chi connectivity index (χ4n) is 2.90. The molecule has 3 nitrogen and oxygen atoms in total. The van der Waals surface area contributed by atoms with Crippen LogP contribution in [-0.2, 0) is 11.2 Å². The number of rotatable bonds is 5. The monoisotopic (exact) mass is 289 g/mol. The van der Waals surface area contributed by atoms with Gasteiger partial charge in [-0.1, -0.05) is 26.0 Å². The number of nitrogens with zero attached hydrogens (tertiary/aromatic N) is 1. The van der Waals surface area contributed by atoms with E-state index >= 15 is 0 Å². The normalized spacial score (nSPS) is 21.9. The predicted molar refractivity (Wildman–Crippen MR) is 85.5 cm³/mol. The zero-order chi connectivity index (χ0) is 15.2. The number of aryl methyl sites for hydroxylation is 1. The highest BCUT2D eigenvalue weighted by molar-refractivity contribution is 5.77. The maximum atomic E-state index is 12.2. The summed E-state index contributed by atoms with van der Waals surface area (Å²) in [6.45, 7) is 4.55. The molecule has 21 heavy (non-hydrogen) atoms. The quantitative estimate of drug-likeness (QED) is 0.828. The number of hydrogen-bond acceptors (Lipinski definition) is 2. The lowest BCUT2D eigenvalue weighted by Gasteiger charge is -2.33. The fourth-order valence-corrected chi connectivity index (χ4v) is 2.90. The minimum Gasteiger partial charge on any atom is -0.484 e. The first-order valence-electron chi connectivity index (χ1n) is 8.07. The number of likely N-dealkylation sites (N-methyl/N-ethyl adjacent to an activating group) is 1. The molecule has 0 bridgehead atoms. The van der Waals surface area contributed by atoms with Crippen LogP contribution in [0.1, 0.15) is 45.1 Å². The molecule has 0 heterocycles. The summed E-state index contributed by atoms with van der Waals surface area (Å²) in [5.74, 6) is 1.65. The largest absolute Gasteiger partial charge is 0.484 e. The SMILES string of the molecule is CCc1ccc(OCC(=O)N(C)C2CCC(C)CC2)cc1. The summed E-state index contributed by atoms with van der Waals surface area (Å²) in [7, 11) is 1.91. The van der Waals surface area contributed by atoms with Crippen LogP contribution >= 0.6 is 0 Å². The van der Waals surface area contributed by atoms with Gasteiger partial charge < -0.3 is 9.64 Å². The van der Waals surface area contributed by atoms with E-state index in [-0.39, 0.29) is 12.5 Å². The molecule has 2 rings (SSSR count). The number of ether oxygens (including phenoxy) is 1. The molecule has 0 aliphatic heterocycles. The first-order valence-corrected chi connectivity index (χ1v) is 8.07. The summed E-state index contributed by atoms with van der Waals surface area (Å²) >= 11 is 0. The molecule has 0 atom stereocenters. The van der Waals surface area contributed by atoms with Gasteiger partial charge in [-0.25, -0.2) is 0 Å². The Hall–Kier alpha value is -1.51. The number of hydrogen-bond donors (Lipinski definition) is 0. The van der Waals surface area contributed by atoms with Crippen LogP contribution < -0.4 is 4.74 Å². The number of carbonyl (C=O) groups is 1. The van der Waals surface area contributed by atoms with Gasteiger partial charge in [0.05, 0.1) is 0 Å². The maximum Gasteiger partial charge on any atom is 0.260 e. The molecule has 116 valence electrons. The van der Waals surface area contributed by atoms with Crippen LogP contribution in [0.15, 0.2) is 24.3 Å². The minimum absolute atomic E-state index is 0.0779. The molecular formula is C18H27NO2. The van der Waals surface area contributed by atoms with Gasteiger partial charge in [0, 0.05) is 13.1 Å². The number of benzene rings is 1. The van der Waals surface area contributed by atoms with Crippen LogP contribution in [0, 0.1) is 5.92 Å². The summed E-state index contributed by atoms with van der Waals surface area (Å²) in [6, 6.07) is 8.36. The van der Waals surface area contributed by atoms with E-state index in [1.807, 2.05) is 36.2 Å². The van der Waals surface area contributed by atoms with Crippen LogP contribution in [0.4, 0.5) is 0 Å². The van der Waals surface area contributed by atoms with Gasteiger partial charge in [0.15, 0.2) is 6.61 Å². The van der Waals surface area contributed by atoms with Crippen molar-refractivity contribution >= 4 is 5.91 Å². The standard InChI is InChI=1S/C18H27NO2/c1-4-15-7-11-17(12-8-15)21-13-18(20)19(3)16-9-5-14(2)6-10-16/h7-8,11-12,14,16H,4-6,9-10,13H2,1-3H3. The van der Waals surface area contributed by atoms with Crippen LogP contribution in [-0.4, -0.2) is 30.5 Å². The van der Waals surface area contributed by atoms with Crippen molar-refractivity contribution in [2.75, 3.05) is 13.7 Å². The van der Waals surface area contributed by atoms with Gasteiger partial charge in [-0.2, -0.15) is 0 Å². The molecule has 1 aliphatic rings. The van der Waals surface area contributed by atoms with Gasteiger partial charge in [0.1, 0.15) is 5.75 Å². The molecule has 3 heteroatoms. The molecule has 1 saturated carbocycles. The molecule has 0 unspecified atom stereocenters. The van der Waals surface area contributed by atoms with Gasteiger partial charge in [-0.15, -0.1) is 0 Å². The fraction of sp³-hybridized carbons (Fsp3) is 0.611. The summed E-state index contributed by atoms with van der Waals surface area (Å²) < 4.78 is 5.61. The summed E-state index contributed by atoms with van der Waals surface area (Å²) in [5.41, 5.74) is 1.28. The number of carbonyl (C=O) groups excluding carboxylic acids is 1. The smallest absolute Gasteiger partial charge is 0.260 e. The highest BCUT2D eigenvalue weighted by atomic mass is 16.5. The van der Waals surface area contributed by atoms with Crippen LogP contribution in [0.5, 0.6) is 5.75 Å². The van der Waals surface area contributed by atoms with Gasteiger partial charge in [0.2, 0.25) is 0 Å². The molecule has 0 N–H and O–H groups in total. The van der Waals surface area contributed by atoms with Gasteiger partial charge in [0.25, 0.3) is 5.91 Å². The predicted octanol–water partition coefficient (Wildman–Crippen LogP) is 3.66. The van der Waals surface area contributed by atoms with E-state index in [2.05, 4.69) is 13.8 Å². The van der Waals surface area contributed by atoms with Crippen molar-refractivity contribution < 1.29 is 9.53 Å². The van der Waals surface area contributed by atoms with E-state index in [0.29, 0.717) is 6.04 Å². The van der Waals surface area contributed by atoms with Crippen molar-refractivity contribution in [3.05, 3.63) is 29.8 Å². The minimum atomic E-state index is 0.0779. The summed E-state index contributed by atoms with van der Waals surface area (Å²) in [5, 5.41) is 0. The molecule has 0 spiro atoms. The molecule has 0 saturated heterocycles. The van der Waals surface area contributed by atoms with Gasteiger partial charge >= 0.3 is 0 Å². The van der Waals surface area contributed by atoms with E-state index in [1.54, 1.807) is 0 Å². The molecule has 0 aromatic heterocycles. The number of amides is 1. The highest BCUT2D eigenvalue weighted by Crippen LogP contribution is 2.26. The van der Waals surface area contributed by atoms with Crippen molar-refractivity contribution in [3.63, 3.8) is 0 Å². The first kappa shape index (κ1) is 15.9. The lowest BCUT2D eigenvalue weighted by Crippen LogP contribution is -2.41. The third-order valence-corrected chi connectivity index (χ3v) is 4.62. The zero-order valence-electron chi connectivity index (χ0n) is 13.5. The van der Waals surface area contributed by atoms with Crippen molar-refractivity contribution in [2.24, 2.45) is 5.92 Å². The highest BCUT2D eigenvalue weighted by Gasteiger charge is 2.24. The molecule has 0 radical (unpaired) electrons. The lowest BCUT2D eigenvalue weighted by molar-refractivity contribution is -0.134. The third-order valence-electron chi connectivity index (χ3n) is 4.62. The summed E-state index contributed by atoms with van der Waals surface area (Å²) in [6.07, 6.45) is 5.70. The van der Waals surface area contributed by atoms with Crippen LogP contribution in [0.2, 0.25) is 0 Å². The van der Waals surface area contributed by atoms with Crippen molar-refractivity contribution in [3.8, 4) is 5.75 Å². The Morgan fingerprint density at radius 2 is 1.81 bits per heavy atom. The van der Waals surface area contributed by atoms with E-state index in [4.69, 9.17) is 4.74 Å². The van der Waals surface area contributed by atoms with Crippen molar-refractivity contribution in [2.45, 2.75) is 52.0 Å². The first-order chi connectivity index (χ1) is 10.1. The topological polar surface area (TPSA) is 29.5 Å². The average molecular weight is 289 g/mol. The molecule has 1 aromatic rings. The molecule has 1 amide bonds. The van der Waals surface area contributed by atoms with E-state index in [0.717, 1.165) is 30.9 Å². The van der Waals surface area contributed by atoms with Gasteiger partial charge in [-0.05, 0) is 55.7 Å². The average Bonchev–Trinajstić information content (AvgIpc) is 2.53. The second-order valence-electron chi connectivity index (χ2n) is 6.20. The lowest BCUT2D eigenvalue weighted by atomic mass is 9.87. The second-order valence-corrected chi connectivity index (χ2v) is 6.20. The molecular weight excluding hydrogens is 262 g/mol. The van der Waals surface area contributed by atoms with Gasteiger partial charge in [-0.3, -0.25) is 4.79 Å². The third kappa shape index (κ3) is 4.48. The Morgan fingerprint density at radius 3 is 2.38 bits per heavy atom. The Balaban J connectivity index is 1.80. The zero-order valence-corrected chi connectivity index (χ0v) is 13.5. The van der Waals surface area contributed by atoms with E-state index in [1.165, 1.54) is 18.4 Å². The van der Waals surface area contributed by atoms with E-state index < -0.39 is 0 Å². The Kier molecular flexibility index (Phi) is 5.66. The van der Waals surface area contributed by atoms with E-state index in [9.17, 15) is 4.79 Å². The molecule has 1 aromatic carbocycles. The Bertz CT molecular complexity index is 447. The second kappa shape index (κ2) is 7.48. The van der Waals surface area contributed by atoms with Crippen LogP contribution in [0.25, 0.3) is 0 Å². The Labute approximate surface area is 128 Å². The maximum absolute atomic E-state index is 12.2. The van der Waals surface area contributed by atoms with Crippen molar-refractivity contribution in [1.82, 2.24) is 4.90 Å².